The highest BCUT2D eigenvalue weighted by molar-refractivity contribution is 6.42. The van der Waals surface area contributed by atoms with Crippen LogP contribution in [0.3, 0.4) is 0 Å². The van der Waals surface area contributed by atoms with Gasteiger partial charge in [0.2, 0.25) is 5.91 Å². The molecule has 0 aliphatic carbocycles. The van der Waals surface area contributed by atoms with Crippen molar-refractivity contribution in [3.8, 4) is 0 Å². The topological polar surface area (TPSA) is 69.1 Å². The molecule has 4 N–H and O–H groups in total. The summed E-state index contributed by atoms with van der Waals surface area (Å²) in [5.41, 5.74) is 11.4. The third-order valence-corrected chi connectivity index (χ3v) is 2.54. The van der Waals surface area contributed by atoms with Crippen molar-refractivity contribution in [3.63, 3.8) is 0 Å². The molecule has 1 atom stereocenters. The molecule has 0 heterocycles. The number of halogens is 2. The van der Waals surface area contributed by atoms with Crippen LogP contribution in [0.25, 0.3) is 0 Å². The molecule has 0 aliphatic heterocycles. The van der Waals surface area contributed by atoms with Gasteiger partial charge in [-0.3, -0.25) is 4.79 Å². The number of hydrogen-bond acceptors (Lipinski definition) is 2. The molecule has 0 fully saturated rings. The standard InChI is InChI=1S/C9H10Cl2N2O/c10-6-2-1-5(3-7(6)11)4-8(12)9(13)14/h1-3,8H,4,12H2,(H2,13,14). The van der Waals surface area contributed by atoms with E-state index in [1.165, 1.54) is 0 Å². The van der Waals surface area contributed by atoms with Crippen LogP contribution in [-0.2, 0) is 11.2 Å². The summed E-state index contributed by atoms with van der Waals surface area (Å²) in [4.78, 5) is 10.7. The smallest absolute Gasteiger partial charge is 0.234 e. The second-order valence-electron chi connectivity index (χ2n) is 2.96. The zero-order valence-corrected chi connectivity index (χ0v) is 8.85. The average molecular weight is 233 g/mol. The molecule has 1 unspecified atom stereocenters. The first-order valence-corrected chi connectivity index (χ1v) is 4.75. The van der Waals surface area contributed by atoms with Gasteiger partial charge in [-0.15, -0.1) is 0 Å². The molecule has 1 amide bonds. The number of carbonyl (C=O) groups is 1. The van der Waals surface area contributed by atoms with Crippen LogP contribution in [-0.4, -0.2) is 11.9 Å². The molecule has 5 heteroatoms. The van der Waals surface area contributed by atoms with E-state index in [0.717, 1.165) is 5.56 Å². The van der Waals surface area contributed by atoms with Crippen molar-refractivity contribution in [2.45, 2.75) is 12.5 Å². The van der Waals surface area contributed by atoms with Crippen LogP contribution in [0.4, 0.5) is 0 Å². The van der Waals surface area contributed by atoms with Gasteiger partial charge in [-0.05, 0) is 24.1 Å². The van der Waals surface area contributed by atoms with Gasteiger partial charge < -0.3 is 11.5 Å². The maximum Gasteiger partial charge on any atom is 0.234 e. The van der Waals surface area contributed by atoms with Gasteiger partial charge >= 0.3 is 0 Å². The first-order chi connectivity index (χ1) is 6.50. The maximum atomic E-state index is 10.7. The molecule has 1 rings (SSSR count). The lowest BCUT2D eigenvalue weighted by molar-refractivity contribution is -0.119. The van der Waals surface area contributed by atoms with E-state index >= 15 is 0 Å². The summed E-state index contributed by atoms with van der Waals surface area (Å²) < 4.78 is 0. The van der Waals surface area contributed by atoms with E-state index in [2.05, 4.69) is 0 Å². The molecular formula is C9H10Cl2N2O. The number of benzene rings is 1. The first kappa shape index (κ1) is 11.3. The Morgan fingerprint density at radius 1 is 1.36 bits per heavy atom. The van der Waals surface area contributed by atoms with Crippen molar-refractivity contribution < 1.29 is 4.79 Å². The zero-order valence-electron chi connectivity index (χ0n) is 7.34. The number of carbonyl (C=O) groups excluding carboxylic acids is 1. The van der Waals surface area contributed by atoms with Crippen LogP contribution < -0.4 is 11.5 Å². The average Bonchev–Trinajstić information content (AvgIpc) is 2.11. The summed E-state index contributed by atoms with van der Waals surface area (Å²) >= 11 is 11.5. The summed E-state index contributed by atoms with van der Waals surface area (Å²) in [6.45, 7) is 0. The number of nitrogens with two attached hydrogens (primary N) is 2. The van der Waals surface area contributed by atoms with Gasteiger partial charge in [0, 0.05) is 0 Å². The molecule has 0 saturated carbocycles. The van der Waals surface area contributed by atoms with E-state index in [0.29, 0.717) is 16.5 Å². The van der Waals surface area contributed by atoms with E-state index in [9.17, 15) is 4.79 Å². The molecule has 0 spiro atoms. The Hall–Kier alpha value is -0.770. The summed E-state index contributed by atoms with van der Waals surface area (Å²) in [5, 5.41) is 0.920. The van der Waals surface area contributed by atoms with Gasteiger partial charge in [0.1, 0.15) is 0 Å². The Morgan fingerprint density at radius 2 is 2.00 bits per heavy atom. The summed E-state index contributed by atoms with van der Waals surface area (Å²) in [5.74, 6) is -0.531. The zero-order chi connectivity index (χ0) is 10.7. The van der Waals surface area contributed by atoms with Crippen LogP contribution in [0.2, 0.25) is 10.0 Å². The van der Waals surface area contributed by atoms with Gasteiger partial charge in [-0.2, -0.15) is 0 Å². The molecule has 1 aromatic carbocycles. The SMILES string of the molecule is NC(=O)C(N)Cc1ccc(Cl)c(Cl)c1. The Balaban J connectivity index is 2.78. The van der Waals surface area contributed by atoms with Crippen LogP contribution in [0, 0.1) is 0 Å². The third-order valence-electron chi connectivity index (χ3n) is 1.81. The summed E-state index contributed by atoms with van der Waals surface area (Å²) in [6.07, 6.45) is 0.367. The van der Waals surface area contributed by atoms with E-state index in [1.807, 2.05) is 0 Å². The molecule has 0 bridgehead atoms. The predicted octanol–water partition coefficient (Wildman–Crippen LogP) is 1.35. The highest BCUT2D eigenvalue weighted by Crippen LogP contribution is 2.22. The Kier molecular flexibility index (Phi) is 3.75. The molecule has 0 radical (unpaired) electrons. The number of primary amides is 1. The van der Waals surface area contributed by atoms with Gasteiger partial charge in [0.05, 0.1) is 16.1 Å². The maximum absolute atomic E-state index is 10.7. The number of rotatable bonds is 3. The molecule has 0 saturated heterocycles. The van der Waals surface area contributed by atoms with E-state index in [-0.39, 0.29) is 0 Å². The minimum Gasteiger partial charge on any atom is -0.368 e. The van der Waals surface area contributed by atoms with Crippen molar-refractivity contribution in [1.29, 1.82) is 0 Å². The molecule has 0 aromatic heterocycles. The quantitative estimate of drug-likeness (QED) is 0.827. The molecular weight excluding hydrogens is 223 g/mol. The van der Waals surface area contributed by atoms with Crippen molar-refractivity contribution in [1.82, 2.24) is 0 Å². The minimum absolute atomic E-state index is 0.367. The largest absolute Gasteiger partial charge is 0.368 e. The fourth-order valence-corrected chi connectivity index (χ4v) is 1.34. The van der Waals surface area contributed by atoms with E-state index in [1.54, 1.807) is 18.2 Å². The van der Waals surface area contributed by atoms with Crippen LogP contribution in [0.1, 0.15) is 5.56 Å². The number of hydrogen-bond donors (Lipinski definition) is 2. The van der Waals surface area contributed by atoms with Gasteiger partial charge in [0.15, 0.2) is 0 Å². The normalized spacial score (nSPS) is 12.5. The fourth-order valence-electron chi connectivity index (χ4n) is 1.02. The monoisotopic (exact) mass is 232 g/mol. The molecule has 76 valence electrons. The minimum atomic E-state index is -0.688. The Bertz CT molecular complexity index is 355. The highest BCUT2D eigenvalue weighted by Gasteiger charge is 2.10. The predicted molar refractivity (Wildman–Crippen MR) is 57.3 cm³/mol. The Morgan fingerprint density at radius 3 is 2.50 bits per heavy atom. The van der Waals surface area contributed by atoms with Gasteiger partial charge in [-0.1, -0.05) is 29.3 Å². The molecule has 3 nitrogen and oxygen atoms in total. The van der Waals surface area contributed by atoms with Crippen LogP contribution in [0.5, 0.6) is 0 Å². The summed E-state index contributed by atoms with van der Waals surface area (Å²) in [6, 6.07) is 4.41. The second-order valence-corrected chi connectivity index (χ2v) is 3.78. The lowest BCUT2D eigenvalue weighted by Crippen LogP contribution is -2.38. The highest BCUT2D eigenvalue weighted by atomic mass is 35.5. The fraction of sp³-hybridized carbons (Fsp3) is 0.222. The van der Waals surface area contributed by atoms with Crippen molar-refractivity contribution in [3.05, 3.63) is 33.8 Å². The first-order valence-electron chi connectivity index (χ1n) is 3.99. The van der Waals surface area contributed by atoms with Crippen LogP contribution in [0.15, 0.2) is 18.2 Å². The van der Waals surface area contributed by atoms with E-state index < -0.39 is 11.9 Å². The lowest BCUT2D eigenvalue weighted by atomic mass is 10.1. The van der Waals surface area contributed by atoms with Crippen molar-refractivity contribution in [2.75, 3.05) is 0 Å². The lowest BCUT2D eigenvalue weighted by Gasteiger charge is -2.07. The van der Waals surface area contributed by atoms with Crippen molar-refractivity contribution >= 4 is 29.1 Å². The van der Waals surface area contributed by atoms with Gasteiger partial charge in [-0.25, -0.2) is 0 Å². The van der Waals surface area contributed by atoms with E-state index in [4.69, 9.17) is 34.7 Å². The number of amides is 1. The molecule has 0 aliphatic rings. The van der Waals surface area contributed by atoms with Gasteiger partial charge in [0.25, 0.3) is 0 Å². The van der Waals surface area contributed by atoms with Crippen LogP contribution >= 0.6 is 23.2 Å². The molecule has 1 aromatic rings. The Labute approximate surface area is 92.0 Å². The summed E-state index contributed by atoms with van der Waals surface area (Å²) in [7, 11) is 0. The third kappa shape index (κ3) is 2.87. The molecule has 14 heavy (non-hydrogen) atoms. The second kappa shape index (κ2) is 4.64. The van der Waals surface area contributed by atoms with Crippen molar-refractivity contribution in [2.24, 2.45) is 11.5 Å².